The van der Waals surface area contributed by atoms with Gasteiger partial charge in [0.15, 0.2) is 0 Å². The van der Waals surface area contributed by atoms with Gasteiger partial charge in [-0.05, 0) is 141 Å². The highest BCUT2D eigenvalue weighted by atomic mass is 15.1. The van der Waals surface area contributed by atoms with Gasteiger partial charge >= 0.3 is 0 Å². The monoisotopic (exact) mass is 794 g/mol. The summed E-state index contributed by atoms with van der Waals surface area (Å²) in [4.78, 5) is 4.68. The lowest BCUT2D eigenvalue weighted by Crippen LogP contribution is -2.10. The van der Waals surface area contributed by atoms with Gasteiger partial charge in [-0.25, -0.2) is 0 Å². The Labute approximate surface area is 365 Å². The number of hydrogen-bond donors (Lipinski definition) is 0. The largest absolute Gasteiger partial charge is 0.311 e. The molecule has 62 heavy (non-hydrogen) atoms. The van der Waals surface area contributed by atoms with Gasteiger partial charge in [0, 0.05) is 34.1 Å². The van der Waals surface area contributed by atoms with Crippen LogP contribution in [0, 0.1) is 0 Å². The maximum atomic E-state index is 2.35. The quantitative estimate of drug-likeness (QED) is 0.129. The minimum absolute atomic E-state index is 1.09. The Morgan fingerprint density at radius 2 is 0.468 bits per heavy atom. The molecule has 2 nitrogen and oxygen atoms in total. The van der Waals surface area contributed by atoms with Crippen LogP contribution in [0.5, 0.6) is 0 Å². The zero-order valence-electron chi connectivity index (χ0n) is 34.6. The number of benzene rings is 9. The second kappa shape index (κ2) is 17.7. The molecular weight excluding hydrogens is 749 g/mol. The van der Waals surface area contributed by atoms with E-state index in [-0.39, 0.29) is 0 Å². The van der Waals surface area contributed by atoms with Crippen molar-refractivity contribution in [3.05, 3.63) is 260 Å². The van der Waals surface area contributed by atoms with Crippen LogP contribution in [-0.2, 0) is 0 Å². The summed E-state index contributed by atoms with van der Waals surface area (Å²) in [5, 5.41) is 0. The summed E-state index contributed by atoms with van der Waals surface area (Å²) in [6, 6.07) is 85.2. The van der Waals surface area contributed by atoms with Gasteiger partial charge in [0.25, 0.3) is 0 Å². The van der Waals surface area contributed by atoms with E-state index in [4.69, 9.17) is 0 Å². The molecule has 0 saturated carbocycles. The Morgan fingerprint density at radius 3 is 0.710 bits per heavy atom. The van der Waals surface area contributed by atoms with Gasteiger partial charge in [0.05, 0.1) is 0 Å². The molecule has 0 amide bonds. The van der Waals surface area contributed by atoms with E-state index in [9.17, 15) is 0 Å². The van der Waals surface area contributed by atoms with Crippen LogP contribution in [0.25, 0.3) is 50.1 Å². The van der Waals surface area contributed by atoms with Crippen molar-refractivity contribution in [1.82, 2.24) is 0 Å². The third-order valence-corrected chi connectivity index (χ3v) is 11.7. The maximum Gasteiger partial charge on any atom is 0.0462 e. The molecule has 0 unspecified atom stereocenters. The molecule has 0 radical (unpaired) electrons. The van der Waals surface area contributed by atoms with Crippen LogP contribution in [-0.4, -0.2) is 0 Å². The highest BCUT2D eigenvalue weighted by molar-refractivity contribution is 5.84. The first-order valence-electron chi connectivity index (χ1n) is 21.5. The molecule has 0 aromatic heterocycles. The van der Waals surface area contributed by atoms with Crippen molar-refractivity contribution in [2.45, 2.75) is 12.8 Å². The van der Waals surface area contributed by atoms with Crippen LogP contribution in [0.4, 0.5) is 34.1 Å². The maximum absolute atomic E-state index is 2.35. The van der Waals surface area contributed by atoms with E-state index in [1.54, 1.807) is 0 Å². The Bertz CT molecular complexity index is 2830. The van der Waals surface area contributed by atoms with E-state index in [1.807, 2.05) is 0 Å². The molecule has 1 aliphatic rings. The van der Waals surface area contributed by atoms with E-state index in [1.165, 1.54) is 44.5 Å². The molecule has 9 aromatic rings. The standard InChI is InChI=1S/C60H46N2/c1-5-13-45(14-6-1)49-21-33-55(34-22-49)61(56-35-23-50(24-36-56)46-15-7-2-8-16-46)59-41-29-53(30-42-59)54-31-43-60(44-32-54)62(57-37-25-51(26-38-57)47-17-9-3-10-18-47)58-39-27-52(28-40-58)48-19-11-4-12-20-48/h1-3,5-11,13-44H,4,12H2. The van der Waals surface area contributed by atoms with E-state index < -0.39 is 0 Å². The van der Waals surface area contributed by atoms with Crippen molar-refractivity contribution < 1.29 is 0 Å². The number of anilines is 6. The molecule has 0 bridgehead atoms. The molecular formula is C60H46N2. The third kappa shape index (κ3) is 8.28. The molecule has 0 atom stereocenters. The van der Waals surface area contributed by atoms with Crippen LogP contribution in [0.1, 0.15) is 18.4 Å². The second-order valence-electron chi connectivity index (χ2n) is 15.7. The van der Waals surface area contributed by atoms with Crippen molar-refractivity contribution in [2.24, 2.45) is 0 Å². The summed E-state index contributed by atoms with van der Waals surface area (Å²) in [6.45, 7) is 0. The Morgan fingerprint density at radius 1 is 0.226 bits per heavy atom. The van der Waals surface area contributed by atoms with Gasteiger partial charge in [-0.3, -0.25) is 0 Å². The average molecular weight is 795 g/mol. The van der Waals surface area contributed by atoms with Crippen LogP contribution < -0.4 is 9.80 Å². The molecule has 0 saturated heterocycles. The molecule has 10 rings (SSSR count). The lowest BCUT2D eigenvalue weighted by molar-refractivity contribution is 1.04. The smallest absolute Gasteiger partial charge is 0.0462 e. The van der Waals surface area contributed by atoms with Gasteiger partial charge in [-0.1, -0.05) is 182 Å². The zero-order chi connectivity index (χ0) is 41.5. The number of allylic oxidation sites excluding steroid dienone is 4. The van der Waals surface area contributed by atoms with Crippen molar-refractivity contribution in [3.8, 4) is 44.5 Å². The molecule has 0 spiro atoms. The minimum Gasteiger partial charge on any atom is -0.311 e. The molecule has 0 aliphatic heterocycles. The van der Waals surface area contributed by atoms with Gasteiger partial charge in [0.1, 0.15) is 0 Å². The third-order valence-electron chi connectivity index (χ3n) is 11.7. The molecule has 2 heteroatoms. The van der Waals surface area contributed by atoms with Crippen LogP contribution in [0.3, 0.4) is 0 Å². The van der Waals surface area contributed by atoms with Gasteiger partial charge < -0.3 is 9.80 Å². The number of hydrogen-bond acceptors (Lipinski definition) is 2. The Hall–Kier alpha value is -7.94. The van der Waals surface area contributed by atoms with Crippen LogP contribution in [0.2, 0.25) is 0 Å². The Kier molecular flexibility index (Phi) is 10.9. The Balaban J connectivity index is 0.957. The van der Waals surface area contributed by atoms with Gasteiger partial charge in [-0.15, -0.1) is 0 Å². The van der Waals surface area contributed by atoms with Crippen LogP contribution in [0.15, 0.2) is 255 Å². The first kappa shape index (κ1) is 38.3. The highest BCUT2D eigenvalue weighted by Gasteiger charge is 2.16. The fourth-order valence-corrected chi connectivity index (χ4v) is 8.43. The summed E-state index contributed by atoms with van der Waals surface area (Å²) < 4.78 is 0. The lowest BCUT2D eigenvalue weighted by Gasteiger charge is -2.27. The normalized spacial score (nSPS) is 12.1. The first-order valence-corrected chi connectivity index (χ1v) is 21.5. The summed E-state index contributed by atoms with van der Waals surface area (Å²) in [5.74, 6) is 0. The van der Waals surface area contributed by atoms with Crippen LogP contribution >= 0.6 is 0 Å². The minimum atomic E-state index is 1.09. The molecule has 0 fully saturated rings. The SMILES string of the molecule is C1=CC(c2ccc(N(c3ccc(-c4ccccc4)cc3)c3ccc(-c4ccc(N(c5ccc(-c6ccccc6)cc5)c5ccc(-c6ccccc6)cc5)cc4)cc3)cc2)=CCC1. The predicted octanol–water partition coefficient (Wildman–Crippen LogP) is 17.0. The van der Waals surface area contributed by atoms with Crippen molar-refractivity contribution in [2.75, 3.05) is 9.80 Å². The molecule has 1 aliphatic carbocycles. The van der Waals surface area contributed by atoms with E-state index in [2.05, 4.69) is 265 Å². The summed E-state index contributed by atoms with van der Waals surface area (Å²) in [7, 11) is 0. The summed E-state index contributed by atoms with van der Waals surface area (Å²) in [5.41, 5.74) is 18.7. The fraction of sp³-hybridized carbons (Fsp3) is 0.0333. The summed E-state index contributed by atoms with van der Waals surface area (Å²) >= 11 is 0. The van der Waals surface area contributed by atoms with Crippen molar-refractivity contribution in [1.29, 1.82) is 0 Å². The topological polar surface area (TPSA) is 6.48 Å². The fourth-order valence-electron chi connectivity index (χ4n) is 8.43. The number of nitrogens with zero attached hydrogens (tertiary/aromatic N) is 2. The molecule has 296 valence electrons. The summed E-state index contributed by atoms with van der Waals surface area (Å²) in [6.07, 6.45) is 9.05. The van der Waals surface area contributed by atoms with E-state index >= 15 is 0 Å². The average Bonchev–Trinajstić information content (AvgIpc) is 3.36. The number of rotatable bonds is 11. The molecule has 0 heterocycles. The zero-order valence-corrected chi connectivity index (χ0v) is 34.6. The van der Waals surface area contributed by atoms with E-state index in [0.717, 1.165) is 58.1 Å². The molecule has 9 aromatic carbocycles. The van der Waals surface area contributed by atoms with Crippen molar-refractivity contribution >= 4 is 39.7 Å². The van der Waals surface area contributed by atoms with E-state index in [0.29, 0.717) is 0 Å². The molecule has 0 N–H and O–H groups in total. The first-order chi connectivity index (χ1) is 30.7. The predicted molar refractivity (Wildman–Crippen MR) is 264 cm³/mol. The highest BCUT2D eigenvalue weighted by Crippen LogP contribution is 2.40. The lowest BCUT2D eigenvalue weighted by atomic mass is 9.99. The van der Waals surface area contributed by atoms with Gasteiger partial charge in [-0.2, -0.15) is 0 Å². The van der Waals surface area contributed by atoms with Crippen molar-refractivity contribution in [3.63, 3.8) is 0 Å². The second-order valence-corrected chi connectivity index (χ2v) is 15.7. The van der Waals surface area contributed by atoms with Gasteiger partial charge in [0.2, 0.25) is 0 Å².